The number of thioether (sulfide) groups is 1. The van der Waals surface area contributed by atoms with E-state index < -0.39 is 0 Å². The smallest absolute Gasteiger partial charge is 0.264 e. The third kappa shape index (κ3) is 4.93. The molecule has 1 aliphatic rings. The number of amidine groups is 1. The number of benzene rings is 2. The van der Waals surface area contributed by atoms with E-state index in [9.17, 15) is 4.79 Å². The number of furan rings is 1. The minimum Gasteiger partial charge on any atom is -0.497 e. The van der Waals surface area contributed by atoms with Crippen LogP contribution in [0, 0.1) is 6.92 Å². The summed E-state index contributed by atoms with van der Waals surface area (Å²) in [6.07, 6.45) is 1.73. The van der Waals surface area contributed by atoms with Crippen LogP contribution < -0.4 is 10.1 Å². The first-order valence-corrected chi connectivity index (χ1v) is 10.5. The summed E-state index contributed by atoms with van der Waals surface area (Å²) >= 11 is 2.83. The number of nitrogens with zero attached hydrogens (tertiary/aromatic N) is 1. The Morgan fingerprint density at radius 3 is 2.55 bits per heavy atom. The number of carbonyl (C=O) groups is 1. The van der Waals surface area contributed by atoms with Crippen LogP contribution in [0.2, 0.25) is 0 Å². The Balaban J connectivity index is 1.45. The molecule has 1 N–H and O–H groups in total. The maximum Gasteiger partial charge on any atom is 0.264 e. The molecule has 2 heterocycles. The third-order valence-corrected chi connectivity index (χ3v) is 5.91. The summed E-state index contributed by atoms with van der Waals surface area (Å²) in [5.41, 5.74) is 1.96. The SMILES string of the molecule is COc1ccc(N=C2NC(=O)/C(=C/c3ccc(Sc4ccc(C)cc4)o3)S2)cc1. The summed E-state index contributed by atoms with van der Waals surface area (Å²) in [6.45, 7) is 2.06. The summed E-state index contributed by atoms with van der Waals surface area (Å²) in [6, 6.07) is 19.3. The Morgan fingerprint density at radius 1 is 1.07 bits per heavy atom. The number of hydrogen-bond acceptors (Lipinski definition) is 6. The third-order valence-electron chi connectivity index (χ3n) is 4.07. The van der Waals surface area contributed by atoms with E-state index in [1.807, 2.05) is 36.4 Å². The van der Waals surface area contributed by atoms with Crippen molar-refractivity contribution in [2.24, 2.45) is 4.99 Å². The van der Waals surface area contributed by atoms with E-state index in [4.69, 9.17) is 9.15 Å². The van der Waals surface area contributed by atoms with Gasteiger partial charge in [-0.1, -0.05) is 29.5 Å². The number of ether oxygens (including phenoxy) is 1. The van der Waals surface area contributed by atoms with Gasteiger partial charge >= 0.3 is 0 Å². The van der Waals surface area contributed by atoms with Gasteiger partial charge in [0.15, 0.2) is 10.3 Å². The molecule has 1 saturated heterocycles. The molecule has 7 heteroatoms. The molecule has 1 aromatic heterocycles. The van der Waals surface area contributed by atoms with Gasteiger partial charge in [0, 0.05) is 11.0 Å². The van der Waals surface area contributed by atoms with E-state index in [1.165, 1.54) is 17.3 Å². The molecule has 29 heavy (non-hydrogen) atoms. The van der Waals surface area contributed by atoms with E-state index in [0.29, 0.717) is 15.8 Å². The van der Waals surface area contributed by atoms with Crippen molar-refractivity contribution in [2.75, 3.05) is 7.11 Å². The summed E-state index contributed by atoms with van der Waals surface area (Å²) in [7, 11) is 1.62. The zero-order valence-electron chi connectivity index (χ0n) is 15.8. The molecular weight excluding hydrogens is 404 g/mol. The van der Waals surface area contributed by atoms with Crippen LogP contribution in [0.1, 0.15) is 11.3 Å². The van der Waals surface area contributed by atoms with Gasteiger partial charge in [0.1, 0.15) is 11.5 Å². The minimum atomic E-state index is -0.189. The molecule has 146 valence electrons. The fraction of sp³-hybridized carbons (Fsp3) is 0.0909. The molecule has 0 atom stereocenters. The molecule has 0 unspecified atom stereocenters. The average molecular weight is 423 g/mol. The first-order chi connectivity index (χ1) is 14.1. The lowest BCUT2D eigenvalue weighted by Gasteiger charge is -1.99. The van der Waals surface area contributed by atoms with Gasteiger partial charge in [0.2, 0.25) is 0 Å². The maximum absolute atomic E-state index is 12.3. The Labute approximate surface area is 177 Å². The summed E-state index contributed by atoms with van der Waals surface area (Å²) < 4.78 is 11.0. The van der Waals surface area contributed by atoms with Gasteiger partial charge < -0.3 is 14.5 Å². The minimum absolute atomic E-state index is 0.189. The van der Waals surface area contributed by atoms with Crippen molar-refractivity contribution < 1.29 is 13.9 Å². The highest BCUT2D eigenvalue weighted by atomic mass is 32.2. The Morgan fingerprint density at radius 2 is 1.83 bits per heavy atom. The standard InChI is InChI=1S/C22H18N2O3S2/c1-14-3-10-18(11-4-14)28-20-12-9-17(27-20)13-19-21(25)24-22(29-19)23-15-5-7-16(26-2)8-6-15/h3-13H,1-2H3,(H,23,24,25)/b19-13-. The van der Waals surface area contributed by atoms with Crippen molar-refractivity contribution in [1.82, 2.24) is 5.32 Å². The first-order valence-electron chi connectivity index (χ1n) is 8.87. The highest BCUT2D eigenvalue weighted by Gasteiger charge is 2.24. The van der Waals surface area contributed by atoms with Gasteiger partial charge in [-0.3, -0.25) is 4.79 Å². The van der Waals surface area contributed by atoms with Crippen molar-refractivity contribution in [3.63, 3.8) is 0 Å². The number of rotatable bonds is 5. The topological polar surface area (TPSA) is 63.8 Å². The second kappa shape index (κ2) is 8.63. The number of aliphatic imine (C=N–C) groups is 1. The van der Waals surface area contributed by atoms with Crippen LogP contribution in [0.3, 0.4) is 0 Å². The number of hydrogen-bond donors (Lipinski definition) is 1. The van der Waals surface area contributed by atoms with Crippen molar-refractivity contribution in [1.29, 1.82) is 0 Å². The van der Waals surface area contributed by atoms with Crippen molar-refractivity contribution in [3.05, 3.63) is 76.9 Å². The first kappa shape index (κ1) is 19.4. The van der Waals surface area contributed by atoms with Crippen molar-refractivity contribution in [2.45, 2.75) is 16.9 Å². The lowest BCUT2D eigenvalue weighted by molar-refractivity contribution is -0.115. The maximum atomic E-state index is 12.3. The lowest BCUT2D eigenvalue weighted by Crippen LogP contribution is -2.19. The predicted molar refractivity (Wildman–Crippen MR) is 118 cm³/mol. The number of amides is 1. The van der Waals surface area contributed by atoms with Crippen LogP contribution in [-0.2, 0) is 4.79 Å². The largest absolute Gasteiger partial charge is 0.497 e. The molecule has 3 aromatic rings. The van der Waals surface area contributed by atoms with Gasteiger partial charge in [-0.2, -0.15) is 0 Å². The molecule has 0 spiro atoms. The van der Waals surface area contributed by atoms with Crippen LogP contribution in [0.5, 0.6) is 5.75 Å². The Kier molecular flexibility index (Phi) is 5.78. The highest BCUT2D eigenvalue weighted by molar-refractivity contribution is 8.18. The summed E-state index contributed by atoms with van der Waals surface area (Å²) in [4.78, 5) is 18.4. The van der Waals surface area contributed by atoms with Gasteiger partial charge in [-0.25, -0.2) is 4.99 Å². The number of nitrogens with one attached hydrogen (secondary N) is 1. The van der Waals surface area contributed by atoms with Crippen LogP contribution in [0.25, 0.3) is 6.08 Å². The van der Waals surface area contributed by atoms with Gasteiger partial charge in [0.25, 0.3) is 5.91 Å². The normalized spacial score (nSPS) is 16.4. The molecule has 2 aromatic carbocycles. The molecule has 1 aliphatic heterocycles. The van der Waals surface area contributed by atoms with Gasteiger partial charge in [-0.15, -0.1) is 0 Å². The number of carbonyl (C=O) groups excluding carboxylic acids is 1. The number of aryl methyl sites for hydroxylation is 1. The summed E-state index contributed by atoms with van der Waals surface area (Å²) in [5, 5.41) is 4.09. The highest BCUT2D eigenvalue weighted by Crippen LogP contribution is 2.32. The van der Waals surface area contributed by atoms with Crippen LogP contribution in [0.15, 0.2) is 85.0 Å². The van der Waals surface area contributed by atoms with Crippen molar-refractivity contribution in [3.8, 4) is 5.75 Å². The zero-order chi connectivity index (χ0) is 20.2. The van der Waals surface area contributed by atoms with E-state index in [1.54, 1.807) is 24.9 Å². The zero-order valence-corrected chi connectivity index (χ0v) is 17.5. The number of methoxy groups -OCH3 is 1. The van der Waals surface area contributed by atoms with E-state index in [-0.39, 0.29) is 5.91 Å². The quantitative estimate of drug-likeness (QED) is 0.539. The summed E-state index contributed by atoms with van der Waals surface area (Å²) in [5.74, 6) is 1.20. The fourth-order valence-corrected chi connectivity index (χ4v) is 4.17. The molecule has 0 saturated carbocycles. The molecule has 1 amide bonds. The molecule has 0 aliphatic carbocycles. The second-order valence-electron chi connectivity index (χ2n) is 6.25. The molecular formula is C22H18N2O3S2. The van der Waals surface area contributed by atoms with Crippen LogP contribution >= 0.6 is 23.5 Å². The van der Waals surface area contributed by atoms with E-state index in [0.717, 1.165) is 21.4 Å². The van der Waals surface area contributed by atoms with E-state index >= 15 is 0 Å². The fourth-order valence-electron chi connectivity index (χ4n) is 2.57. The molecule has 4 rings (SSSR count). The average Bonchev–Trinajstić information content (AvgIpc) is 3.30. The Hall–Kier alpha value is -2.90. The molecule has 1 fully saturated rings. The molecule has 5 nitrogen and oxygen atoms in total. The van der Waals surface area contributed by atoms with Crippen molar-refractivity contribution >= 4 is 46.4 Å². The van der Waals surface area contributed by atoms with Crippen LogP contribution in [0.4, 0.5) is 5.69 Å². The van der Waals surface area contributed by atoms with Gasteiger partial charge in [-0.05, 0) is 67.2 Å². The van der Waals surface area contributed by atoms with E-state index in [2.05, 4.69) is 41.5 Å². The predicted octanol–water partition coefficient (Wildman–Crippen LogP) is 5.64. The van der Waals surface area contributed by atoms with Gasteiger partial charge in [0.05, 0.1) is 17.7 Å². The molecule has 0 radical (unpaired) electrons. The van der Waals surface area contributed by atoms with Crippen LogP contribution in [-0.4, -0.2) is 18.2 Å². The monoisotopic (exact) mass is 422 g/mol. The molecule has 0 bridgehead atoms. The lowest BCUT2D eigenvalue weighted by atomic mass is 10.2. The second-order valence-corrected chi connectivity index (χ2v) is 8.36. The Bertz CT molecular complexity index is 1080.